The highest BCUT2D eigenvalue weighted by Gasteiger charge is 2.15. The summed E-state index contributed by atoms with van der Waals surface area (Å²) in [4.78, 5) is 16.9. The van der Waals surface area contributed by atoms with Crippen LogP contribution in [-0.2, 0) is 6.54 Å². The summed E-state index contributed by atoms with van der Waals surface area (Å²) in [5.41, 5.74) is 6.92. The highest BCUT2D eigenvalue weighted by Crippen LogP contribution is 2.18. The number of hydrogen-bond acceptors (Lipinski definition) is 4. The number of carbonyl (C=O) groups excluding carboxylic acids is 1. The zero-order valence-corrected chi connectivity index (χ0v) is 9.83. The Morgan fingerprint density at radius 1 is 1.62 bits per heavy atom. The summed E-state index contributed by atoms with van der Waals surface area (Å²) in [6.45, 7) is 3.16. The third-order valence-electron chi connectivity index (χ3n) is 2.32. The fraction of sp³-hybridized carbons (Fsp3) is 0.273. The van der Waals surface area contributed by atoms with Gasteiger partial charge in [0.05, 0.1) is 11.2 Å². The van der Waals surface area contributed by atoms with Crippen LogP contribution in [0.4, 0.5) is 0 Å². The molecule has 0 saturated heterocycles. The topological polar surface area (TPSA) is 60.9 Å². The molecule has 0 aliphatic rings. The smallest absolute Gasteiger partial charge is 0.223 e. The van der Waals surface area contributed by atoms with Gasteiger partial charge in [0.15, 0.2) is 0 Å². The minimum Gasteiger partial charge on any atom is -0.335 e. The summed E-state index contributed by atoms with van der Waals surface area (Å²) in [5, 5.41) is 1.92. The van der Waals surface area contributed by atoms with Crippen molar-refractivity contribution in [3.8, 4) is 0 Å². The first-order valence-corrected chi connectivity index (χ1v) is 5.91. The zero-order chi connectivity index (χ0) is 11.5. The first-order valence-electron chi connectivity index (χ1n) is 5.03. The fourth-order valence-corrected chi connectivity index (χ4v) is 2.34. The third-order valence-corrected chi connectivity index (χ3v) is 3.34. The van der Waals surface area contributed by atoms with E-state index in [4.69, 9.17) is 5.73 Å². The summed E-state index contributed by atoms with van der Waals surface area (Å²) in [5.74, 6) is -0.0109. The quantitative estimate of drug-likeness (QED) is 0.816. The molecule has 4 nitrogen and oxygen atoms in total. The van der Waals surface area contributed by atoms with Gasteiger partial charge in [0, 0.05) is 19.3 Å². The van der Waals surface area contributed by atoms with Crippen molar-refractivity contribution >= 4 is 17.1 Å². The lowest BCUT2D eigenvalue weighted by Crippen LogP contribution is -2.08. The number of nitrogens with two attached hydrogens (primary N) is 1. The first kappa shape index (κ1) is 11.0. The molecule has 0 fully saturated rings. The van der Waals surface area contributed by atoms with Crippen molar-refractivity contribution in [2.24, 2.45) is 5.73 Å². The summed E-state index contributed by atoms with van der Waals surface area (Å²) >= 11 is 1.45. The molecular formula is C11H13N3OS. The number of aromatic nitrogens is 2. The number of carbonyl (C=O) groups is 1. The Bertz CT molecular complexity index is 501. The average Bonchev–Trinajstić information content (AvgIpc) is 2.87. The molecule has 2 aromatic heterocycles. The van der Waals surface area contributed by atoms with Gasteiger partial charge in [-0.3, -0.25) is 4.79 Å². The number of hydrogen-bond donors (Lipinski definition) is 1. The number of nitrogens with zero attached hydrogens (tertiary/aromatic N) is 2. The maximum atomic E-state index is 12.0. The Labute approximate surface area is 97.7 Å². The average molecular weight is 235 g/mol. The van der Waals surface area contributed by atoms with Gasteiger partial charge in [-0.25, -0.2) is 4.98 Å². The Morgan fingerprint density at radius 2 is 2.44 bits per heavy atom. The van der Waals surface area contributed by atoms with Crippen molar-refractivity contribution in [1.82, 2.24) is 9.55 Å². The minimum absolute atomic E-state index is 0.0109. The summed E-state index contributed by atoms with van der Waals surface area (Å²) in [6.07, 6.45) is 3.39. The molecular weight excluding hydrogens is 222 g/mol. The molecule has 0 spiro atoms. The predicted molar refractivity (Wildman–Crippen MR) is 63.8 cm³/mol. The monoisotopic (exact) mass is 235 g/mol. The van der Waals surface area contributed by atoms with Crippen molar-refractivity contribution in [2.75, 3.05) is 6.54 Å². The lowest BCUT2D eigenvalue weighted by molar-refractivity contribution is 0.103. The van der Waals surface area contributed by atoms with Crippen molar-refractivity contribution in [3.05, 3.63) is 40.1 Å². The molecule has 84 valence electrons. The van der Waals surface area contributed by atoms with Crippen LogP contribution >= 0.6 is 11.3 Å². The van der Waals surface area contributed by atoms with Crippen LogP contribution in [0, 0.1) is 6.92 Å². The summed E-state index contributed by atoms with van der Waals surface area (Å²) < 4.78 is 1.83. The van der Waals surface area contributed by atoms with Gasteiger partial charge in [-0.15, -0.1) is 11.3 Å². The zero-order valence-electron chi connectivity index (χ0n) is 9.01. The second-order valence-electron chi connectivity index (χ2n) is 3.55. The van der Waals surface area contributed by atoms with Gasteiger partial charge in [-0.2, -0.15) is 0 Å². The van der Waals surface area contributed by atoms with Crippen molar-refractivity contribution in [3.63, 3.8) is 0 Å². The summed E-state index contributed by atoms with van der Waals surface area (Å²) in [7, 11) is 0. The van der Waals surface area contributed by atoms with Crippen LogP contribution in [0.25, 0.3) is 0 Å². The van der Waals surface area contributed by atoms with E-state index in [0.29, 0.717) is 18.8 Å². The van der Waals surface area contributed by atoms with Crippen molar-refractivity contribution in [1.29, 1.82) is 0 Å². The molecule has 0 amide bonds. The minimum atomic E-state index is -0.0109. The Kier molecular flexibility index (Phi) is 3.17. The molecule has 0 unspecified atom stereocenters. The van der Waals surface area contributed by atoms with E-state index in [1.165, 1.54) is 11.3 Å². The van der Waals surface area contributed by atoms with E-state index in [9.17, 15) is 4.79 Å². The number of aryl methyl sites for hydroxylation is 1. The SMILES string of the molecule is Cc1ccsc1C(=O)c1cn(CCN)cn1. The molecule has 2 aromatic rings. The molecule has 0 saturated carbocycles. The van der Waals surface area contributed by atoms with Crippen LogP contribution in [0.15, 0.2) is 24.0 Å². The largest absolute Gasteiger partial charge is 0.335 e. The normalized spacial score (nSPS) is 10.6. The highest BCUT2D eigenvalue weighted by atomic mass is 32.1. The molecule has 0 aliphatic carbocycles. The van der Waals surface area contributed by atoms with Crippen LogP contribution in [-0.4, -0.2) is 21.9 Å². The summed E-state index contributed by atoms with van der Waals surface area (Å²) in [6, 6.07) is 1.94. The Morgan fingerprint density at radius 3 is 3.06 bits per heavy atom. The van der Waals surface area contributed by atoms with E-state index < -0.39 is 0 Å². The second kappa shape index (κ2) is 4.59. The Balaban J connectivity index is 2.24. The lowest BCUT2D eigenvalue weighted by Gasteiger charge is -1.96. The van der Waals surface area contributed by atoms with Gasteiger partial charge in [-0.05, 0) is 23.9 Å². The predicted octanol–water partition coefficient (Wildman–Crippen LogP) is 1.44. The number of ketones is 1. The Hall–Kier alpha value is -1.46. The van der Waals surface area contributed by atoms with Gasteiger partial charge in [0.2, 0.25) is 5.78 Å². The number of rotatable bonds is 4. The standard InChI is InChI=1S/C11H13N3OS/c1-8-2-5-16-11(8)10(15)9-6-14(4-3-12)7-13-9/h2,5-7H,3-4,12H2,1H3. The maximum absolute atomic E-state index is 12.0. The first-order chi connectivity index (χ1) is 7.72. The molecule has 16 heavy (non-hydrogen) atoms. The van der Waals surface area contributed by atoms with E-state index in [2.05, 4.69) is 4.98 Å². The van der Waals surface area contributed by atoms with Gasteiger partial charge < -0.3 is 10.3 Å². The van der Waals surface area contributed by atoms with Crippen LogP contribution in [0.1, 0.15) is 20.9 Å². The third kappa shape index (κ3) is 2.05. The molecule has 0 atom stereocenters. The van der Waals surface area contributed by atoms with Crippen molar-refractivity contribution in [2.45, 2.75) is 13.5 Å². The number of imidazole rings is 1. The maximum Gasteiger partial charge on any atom is 0.223 e. The number of thiophene rings is 1. The molecule has 2 rings (SSSR count). The second-order valence-corrected chi connectivity index (χ2v) is 4.46. The van der Waals surface area contributed by atoms with Crippen LogP contribution in [0.3, 0.4) is 0 Å². The molecule has 0 bridgehead atoms. The van der Waals surface area contributed by atoms with Crippen LogP contribution in [0.2, 0.25) is 0 Å². The van der Waals surface area contributed by atoms with Gasteiger partial charge in [0.1, 0.15) is 5.69 Å². The molecule has 0 radical (unpaired) electrons. The van der Waals surface area contributed by atoms with Crippen LogP contribution in [0.5, 0.6) is 0 Å². The van der Waals surface area contributed by atoms with Gasteiger partial charge in [-0.1, -0.05) is 0 Å². The fourth-order valence-electron chi connectivity index (χ4n) is 1.47. The molecule has 2 heterocycles. The molecule has 2 N–H and O–H groups in total. The van der Waals surface area contributed by atoms with E-state index in [1.54, 1.807) is 12.5 Å². The van der Waals surface area contributed by atoms with Gasteiger partial charge in [0.25, 0.3) is 0 Å². The van der Waals surface area contributed by atoms with Crippen molar-refractivity contribution < 1.29 is 4.79 Å². The molecule has 0 aliphatic heterocycles. The van der Waals surface area contributed by atoms with Gasteiger partial charge >= 0.3 is 0 Å². The lowest BCUT2D eigenvalue weighted by atomic mass is 10.2. The van der Waals surface area contributed by atoms with E-state index in [-0.39, 0.29) is 5.78 Å². The van der Waals surface area contributed by atoms with E-state index >= 15 is 0 Å². The molecule has 5 heteroatoms. The van der Waals surface area contributed by atoms with E-state index in [0.717, 1.165) is 10.4 Å². The highest BCUT2D eigenvalue weighted by molar-refractivity contribution is 7.12. The van der Waals surface area contributed by atoms with Crippen LogP contribution < -0.4 is 5.73 Å². The molecule has 0 aromatic carbocycles. The van der Waals surface area contributed by atoms with E-state index in [1.807, 2.05) is 22.9 Å².